The highest BCUT2D eigenvalue weighted by molar-refractivity contribution is 5.08. The number of likely N-dealkylation sites (tertiary alicyclic amines) is 1. The van der Waals surface area contributed by atoms with Gasteiger partial charge in [-0.3, -0.25) is 4.90 Å². The maximum Gasteiger partial charge on any atom is 0.0746 e. The van der Waals surface area contributed by atoms with E-state index in [0.29, 0.717) is 11.5 Å². The number of rotatable bonds is 3. The van der Waals surface area contributed by atoms with Crippen molar-refractivity contribution in [3.8, 4) is 0 Å². The van der Waals surface area contributed by atoms with E-state index in [9.17, 15) is 5.11 Å². The van der Waals surface area contributed by atoms with Crippen molar-refractivity contribution in [2.24, 2.45) is 5.41 Å². The van der Waals surface area contributed by atoms with Crippen LogP contribution in [0.4, 0.5) is 0 Å². The van der Waals surface area contributed by atoms with E-state index in [0.717, 1.165) is 6.42 Å². The highest BCUT2D eigenvalue weighted by atomic mass is 16.3. The minimum absolute atomic E-state index is 0.360. The predicted octanol–water partition coefficient (Wildman–Crippen LogP) is 1.63. The molecule has 76 valence electrons. The molecular weight excluding hydrogens is 162 g/mol. The molecule has 1 aliphatic heterocycles. The Morgan fingerprint density at radius 3 is 2.23 bits per heavy atom. The first-order chi connectivity index (χ1) is 5.97. The second-order valence-electron chi connectivity index (χ2n) is 5.48. The third kappa shape index (κ3) is 1.62. The largest absolute Gasteiger partial charge is 0.389 e. The summed E-state index contributed by atoms with van der Waals surface area (Å²) in [5, 5.41) is 9.96. The second kappa shape index (κ2) is 2.71. The van der Waals surface area contributed by atoms with Crippen LogP contribution in [0.25, 0.3) is 0 Å². The van der Waals surface area contributed by atoms with E-state index >= 15 is 0 Å². The summed E-state index contributed by atoms with van der Waals surface area (Å²) in [5.41, 5.74) is 0.171. The van der Waals surface area contributed by atoms with Gasteiger partial charge >= 0.3 is 0 Å². The Morgan fingerprint density at radius 1 is 1.38 bits per heavy atom. The molecule has 2 fully saturated rings. The van der Waals surface area contributed by atoms with Gasteiger partial charge in [0.15, 0.2) is 0 Å². The van der Waals surface area contributed by atoms with Gasteiger partial charge in [0.2, 0.25) is 0 Å². The lowest BCUT2D eigenvalue weighted by Gasteiger charge is -2.49. The van der Waals surface area contributed by atoms with Gasteiger partial charge in [-0.05, 0) is 38.5 Å². The van der Waals surface area contributed by atoms with Gasteiger partial charge in [-0.15, -0.1) is 0 Å². The lowest BCUT2D eigenvalue weighted by Crippen LogP contribution is -2.59. The summed E-state index contributed by atoms with van der Waals surface area (Å²) in [5.74, 6) is 0. The fourth-order valence-corrected chi connectivity index (χ4v) is 2.73. The maximum absolute atomic E-state index is 9.96. The number of nitrogens with zero attached hydrogens (tertiary/aromatic N) is 1. The molecule has 1 heterocycles. The summed E-state index contributed by atoms with van der Waals surface area (Å²) in [4.78, 5) is 2.45. The van der Waals surface area contributed by atoms with E-state index in [4.69, 9.17) is 0 Å². The lowest BCUT2D eigenvalue weighted by molar-refractivity contribution is -0.0713. The van der Waals surface area contributed by atoms with Gasteiger partial charge in [-0.2, -0.15) is 0 Å². The van der Waals surface area contributed by atoms with Crippen LogP contribution in [0.2, 0.25) is 0 Å². The van der Waals surface area contributed by atoms with E-state index in [1.807, 2.05) is 13.8 Å². The first-order valence-electron chi connectivity index (χ1n) is 5.43. The third-order valence-electron chi connectivity index (χ3n) is 3.68. The normalized spacial score (nSPS) is 28.6. The molecule has 0 bridgehead atoms. The van der Waals surface area contributed by atoms with Crippen LogP contribution in [-0.2, 0) is 0 Å². The molecule has 0 aromatic heterocycles. The second-order valence-corrected chi connectivity index (χ2v) is 5.48. The van der Waals surface area contributed by atoms with Crippen molar-refractivity contribution < 1.29 is 5.11 Å². The summed E-state index contributed by atoms with van der Waals surface area (Å²) < 4.78 is 0. The fraction of sp³-hybridized carbons (Fsp3) is 1.00. The first kappa shape index (κ1) is 9.47. The number of hydrogen-bond donors (Lipinski definition) is 1. The average molecular weight is 183 g/mol. The van der Waals surface area contributed by atoms with Crippen LogP contribution < -0.4 is 0 Å². The van der Waals surface area contributed by atoms with Crippen LogP contribution in [0.1, 0.15) is 40.0 Å². The quantitative estimate of drug-likeness (QED) is 0.719. The predicted molar refractivity (Wildman–Crippen MR) is 53.6 cm³/mol. The molecule has 2 aliphatic rings. The van der Waals surface area contributed by atoms with Crippen LogP contribution in [0.3, 0.4) is 0 Å². The monoisotopic (exact) mass is 183 g/mol. The zero-order chi connectivity index (χ0) is 9.69. The lowest BCUT2D eigenvalue weighted by atomic mass is 9.87. The summed E-state index contributed by atoms with van der Waals surface area (Å²) in [7, 11) is 0. The van der Waals surface area contributed by atoms with Crippen molar-refractivity contribution in [3.63, 3.8) is 0 Å². The Hall–Kier alpha value is -0.0800. The van der Waals surface area contributed by atoms with E-state index < -0.39 is 5.60 Å². The molecule has 1 spiro atoms. The van der Waals surface area contributed by atoms with E-state index in [1.165, 1.54) is 25.9 Å². The van der Waals surface area contributed by atoms with Gasteiger partial charge < -0.3 is 5.11 Å². The molecular formula is C11H21NO. The average Bonchev–Trinajstić information content (AvgIpc) is 2.63. The Bertz CT molecular complexity index is 195. The van der Waals surface area contributed by atoms with Crippen molar-refractivity contribution >= 4 is 0 Å². The van der Waals surface area contributed by atoms with Crippen molar-refractivity contribution in [2.45, 2.75) is 51.7 Å². The van der Waals surface area contributed by atoms with Crippen molar-refractivity contribution in [3.05, 3.63) is 0 Å². The molecule has 0 aromatic rings. The summed E-state index contributed by atoms with van der Waals surface area (Å²) in [6.07, 6.45) is 3.90. The Morgan fingerprint density at radius 2 is 1.92 bits per heavy atom. The summed E-state index contributed by atoms with van der Waals surface area (Å²) in [6.45, 7) is 8.49. The van der Waals surface area contributed by atoms with Gasteiger partial charge in [-0.25, -0.2) is 0 Å². The Labute approximate surface area is 80.9 Å². The van der Waals surface area contributed by atoms with Gasteiger partial charge in [0.25, 0.3) is 0 Å². The van der Waals surface area contributed by atoms with Gasteiger partial charge in [0, 0.05) is 19.1 Å². The van der Waals surface area contributed by atoms with E-state index in [1.54, 1.807) is 0 Å². The van der Waals surface area contributed by atoms with Crippen LogP contribution >= 0.6 is 0 Å². The van der Waals surface area contributed by atoms with Gasteiger partial charge in [0.05, 0.1) is 5.60 Å². The molecule has 2 nitrogen and oxygen atoms in total. The minimum Gasteiger partial charge on any atom is -0.389 e. The summed E-state index contributed by atoms with van der Waals surface area (Å²) >= 11 is 0. The van der Waals surface area contributed by atoms with Crippen molar-refractivity contribution in [1.82, 2.24) is 4.90 Å². The minimum atomic E-state index is -0.536. The maximum atomic E-state index is 9.96. The van der Waals surface area contributed by atoms with Crippen molar-refractivity contribution in [1.29, 1.82) is 0 Å². The first-order valence-corrected chi connectivity index (χ1v) is 5.43. The van der Waals surface area contributed by atoms with Crippen LogP contribution in [-0.4, -0.2) is 34.7 Å². The fourth-order valence-electron chi connectivity index (χ4n) is 2.73. The molecule has 1 saturated carbocycles. The zero-order valence-electron chi connectivity index (χ0n) is 9.01. The molecule has 0 aromatic carbocycles. The molecule has 1 aliphatic carbocycles. The highest BCUT2D eigenvalue weighted by Gasteiger charge is 2.54. The molecule has 0 amide bonds. The number of aliphatic hydroxyl groups is 1. The van der Waals surface area contributed by atoms with E-state index in [2.05, 4.69) is 11.8 Å². The molecule has 13 heavy (non-hydrogen) atoms. The molecule has 1 N–H and O–H groups in total. The topological polar surface area (TPSA) is 23.5 Å². The van der Waals surface area contributed by atoms with E-state index in [-0.39, 0.29) is 0 Å². The van der Waals surface area contributed by atoms with Crippen LogP contribution in [0.5, 0.6) is 0 Å². The zero-order valence-corrected chi connectivity index (χ0v) is 9.01. The van der Waals surface area contributed by atoms with Crippen LogP contribution in [0, 0.1) is 5.41 Å². The van der Waals surface area contributed by atoms with Crippen molar-refractivity contribution in [2.75, 3.05) is 13.1 Å². The molecule has 1 unspecified atom stereocenters. The SMILES string of the molecule is CCC(N1CC2(CC2)C1)C(C)(C)O. The standard InChI is InChI=1S/C11H21NO/c1-4-9(10(2,3)13)12-7-11(8-12)5-6-11/h9,13H,4-8H2,1-3H3. The molecule has 1 saturated heterocycles. The van der Waals surface area contributed by atoms with Crippen LogP contribution in [0.15, 0.2) is 0 Å². The number of hydrogen-bond acceptors (Lipinski definition) is 2. The molecule has 0 radical (unpaired) electrons. The molecule has 2 rings (SSSR count). The smallest absolute Gasteiger partial charge is 0.0746 e. The molecule has 1 atom stereocenters. The Balaban J connectivity index is 1.91. The van der Waals surface area contributed by atoms with Gasteiger partial charge in [0.1, 0.15) is 0 Å². The van der Waals surface area contributed by atoms with Gasteiger partial charge in [-0.1, -0.05) is 6.92 Å². The third-order valence-corrected chi connectivity index (χ3v) is 3.68. The Kier molecular flexibility index (Phi) is 1.97. The molecule has 2 heteroatoms. The summed E-state index contributed by atoms with van der Waals surface area (Å²) in [6, 6.07) is 0.360. The highest BCUT2D eigenvalue weighted by Crippen LogP contribution is 2.54.